The summed E-state index contributed by atoms with van der Waals surface area (Å²) in [6, 6.07) is 19.8. The third-order valence-corrected chi connectivity index (χ3v) is 3.74. The molecule has 0 saturated heterocycles. The fraction of sp³-hybridized carbons (Fsp3) is 0.381. The standard InChI is InChI=1S/C21H27NO2/c1-17(2)16-24-15-9-14-22-21(23)20(18-10-5-3-6-11-18)19-12-7-4-8-13-19/h3-8,10-13,17,20H,9,14-16H2,1-2H3,(H,22,23). The van der Waals surface area contributed by atoms with Gasteiger partial charge in [0.1, 0.15) is 0 Å². The van der Waals surface area contributed by atoms with Crippen LogP contribution in [0.2, 0.25) is 0 Å². The molecule has 0 spiro atoms. The van der Waals surface area contributed by atoms with Gasteiger partial charge < -0.3 is 10.1 Å². The molecule has 0 unspecified atom stereocenters. The molecule has 0 heterocycles. The highest BCUT2D eigenvalue weighted by Crippen LogP contribution is 2.24. The van der Waals surface area contributed by atoms with Crippen molar-refractivity contribution in [2.45, 2.75) is 26.2 Å². The topological polar surface area (TPSA) is 38.3 Å². The van der Waals surface area contributed by atoms with Crippen molar-refractivity contribution in [1.29, 1.82) is 0 Å². The molecule has 0 saturated carbocycles. The van der Waals surface area contributed by atoms with E-state index in [-0.39, 0.29) is 11.8 Å². The highest BCUT2D eigenvalue weighted by molar-refractivity contribution is 5.87. The SMILES string of the molecule is CC(C)COCCCNC(=O)C(c1ccccc1)c1ccccc1. The summed E-state index contributed by atoms with van der Waals surface area (Å²) < 4.78 is 5.56. The number of benzene rings is 2. The fourth-order valence-corrected chi connectivity index (χ4v) is 2.59. The molecule has 0 bridgehead atoms. The molecule has 0 fully saturated rings. The van der Waals surface area contributed by atoms with Gasteiger partial charge in [-0.1, -0.05) is 74.5 Å². The molecule has 1 N–H and O–H groups in total. The van der Waals surface area contributed by atoms with Crippen molar-refractivity contribution in [3.8, 4) is 0 Å². The third kappa shape index (κ3) is 5.82. The first-order valence-electron chi connectivity index (χ1n) is 8.64. The van der Waals surface area contributed by atoms with Gasteiger partial charge in [-0.3, -0.25) is 4.79 Å². The Morgan fingerprint density at radius 1 is 0.958 bits per heavy atom. The summed E-state index contributed by atoms with van der Waals surface area (Å²) >= 11 is 0. The lowest BCUT2D eigenvalue weighted by atomic mass is 9.90. The predicted octanol–water partition coefficient (Wildman–Crippen LogP) is 4.00. The van der Waals surface area contributed by atoms with E-state index in [4.69, 9.17) is 4.74 Å². The van der Waals surface area contributed by atoms with Crippen LogP contribution in [0.15, 0.2) is 60.7 Å². The molecular weight excluding hydrogens is 298 g/mol. The summed E-state index contributed by atoms with van der Waals surface area (Å²) in [5.41, 5.74) is 2.02. The smallest absolute Gasteiger partial charge is 0.232 e. The number of hydrogen-bond acceptors (Lipinski definition) is 2. The van der Waals surface area contributed by atoms with E-state index in [9.17, 15) is 4.79 Å². The molecule has 0 radical (unpaired) electrons. The van der Waals surface area contributed by atoms with Gasteiger partial charge >= 0.3 is 0 Å². The number of rotatable bonds is 9. The molecule has 0 atom stereocenters. The zero-order valence-electron chi connectivity index (χ0n) is 14.6. The lowest BCUT2D eigenvalue weighted by Gasteiger charge is -2.18. The molecule has 3 heteroatoms. The molecule has 3 nitrogen and oxygen atoms in total. The Kier molecular flexibility index (Phi) is 7.50. The molecule has 0 aliphatic carbocycles. The minimum Gasteiger partial charge on any atom is -0.381 e. The Hall–Kier alpha value is -2.13. The van der Waals surface area contributed by atoms with Gasteiger partial charge in [-0.15, -0.1) is 0 Å². The predicted molar refractivity (Wildman–Crippen MR) is 98.0 cm³/mol. The van der Waals surface area contributed by atoms with Crippen LogP contribution in [0.5, 0.6) is 0 Å². The molecule has 0 aliphatic rings. The van der Waals surface area contributed by atoms with E-state index >= 15 is 0 Å². The number of hydrogen-bond donors (Lipinski definition) is 1. The lowest BCUT2D eigenvalue weighted by Crippen LogP contribution is -2.31. The summed E-state index contributed by atoms with van der Waals surface area (Å²) in [5, 5.41) is 3.05. The van der Waals surface area contributed by atoms with Gasteiger partial charge in [0.15, 0.2) is 0 Å². The van der Waals surface area contributed by atoms with Gasteiger partial charge in [0.25, 0.3) is 0 Å². The fourth-order valence-electron chi connectivity index (χ4n) is 2.59. The van der Waals surface area contributed by atoms with Gasteiger partial charge in [0.05, 0.1) is 5.92 Å². The first-order valence-corrected chi connectivity index (χ1v) is 8.64. The van der Waals surface area contributed by atoms with E-state index in [0.29, 0.717) is 19.1 Å². The van der Waals surface area contributed by atoms with E-state index < -0.39 is 0 Å². The molecule has 128 valence electrons. The number of carbonyl (C=O) groups excluding carboxylic acids is 1. The van der Waals surface area contributed by atoms with Crippen LogP contribution in [0, 0.1) is 5.92 Å². The maximum atomic E-state index is 12.7. The van der Waals surface area contributed by atoms with E-state index in [1.165, 1.54) is 0 Å². The van der Waals surface area contributed by atoms with E-state index in [1.54, 1.807) is 0 Å². The molecular formula is C21H27NO2. The Labute approximate surface area is 145 Å². The van der Waals surface area contributed by atoms with Gasteiger partial charge in [0.2, 0.25) is 5.91 Å². The van der Waals surface area contributed by atoms with Gasteiger partial charge in [-0.25, -0.2) is 0 Å². The van der Waals surface area contributed by atoms with Gasteiger partial charge in [-0.05, 0) is 23.5 Å². The minimum absolute atomic E-state index is 0.0382. The molecule has 1 amide bonds. The molecule has 0 aromatic heterocycles. The zero-order valence-corrected chi connectivity index (χ0v) is 14.6. The second-order valence-electron chi connectivity index (χ2n) is 6.37. The minimum atomic E-state index is -0.274. The first kappa shape index (κ1) is 18.2. The highest BCUT2D eigenvalue weighted by Gasteiger charge is 2.21. The summed E-state index contributed by atoms with van der Waals surface area (Å²) in [6.07, 6.45) is 0.828. The maximum absolute atomic E-state index is 12.7. The molecule has 0 aliphatic heterocycles. The monoisotopic (exact) mass is 325 g/mol. The van der Waals surface area contributed by atoms with Crippen LogP contribution in [0.4, 0.5) is 0 Å². The van der Waals surface area contributed by atoms with E-state index in [0.717, 1.165) is 24.2 Å². The van der Waals surface area contributed by atoms with Crippen LogP contribution in [0.25, 0.3) is 0 Å². The summed E-state index contributed by atoms with van der Waals surface area (Å²) in [5.74, 6) is 0.306. The summed E-state index contributed by atoms with van der Waals surface area (Å²) in [6.45, 7) is 6.34. The Morgan fingerprint density at radius 2 is 1.50 bits per heavy atom. The molecule has 2 aromatic rings. The Balaban J connectivity index is 1.94. The van der Waals surface area contributed by atoms with Crippen LogP contribution < -0.4 is 5.32 Å². The molecule has 24 heavy (non-hydrogen) atoms. The average Bonchev–Trinajstić information content (AvgIpc) is 2.60. The van der Waals surface area contributed by atoms with Crippen molar-refractivity contribution in [2.24, 2.45) is 5.92 Å². The van der Waals surface area contributed by atoms with Gasteiger partial charge in [0, 0.05) is 19.8 Å². The second kappa shape index (κ2) is 9.89. The van der Waals surface area contributed by atoms with Crippen LogP contribution in [0.1, 0.15) is 37.3 Å². The normalized spacial score (nSPS) is 11.0. The van der Waals surface area contributed by atoms with Gasteiger partial charge in [-0.2, -0.15) is 0 Å². The lowest BCUT2D eigenvalue weighted by molar-refractivity contribution is -0.121. The van der Waals surface area contributed by atoms with Crippen molar-refractivity contribution in [2.75, 3.05) is 19.8 Å². The van der Waals surface area contributed by atoms with Crippen molar-refractivity contribution < 1.29 is 9.53 Å². The molecule has 2 aromatic carbocycles. The van der Waals surface area contributed by atoms with Crippen molar-refractivity contribution in [1.82, 2.24) is 5.32 Å². The second-order valence-corrected chi connectivity index (χ2v) is 6.37. The molecule has 2 rings (SSSR count). The highest BCUT2D eigenvalue weighted by atomic mass is 16.5. The van der Waals surface area contributed by atoms with E-state index in [1.807, 2.05) is 60.7 Å². The largest absolute Gasteiger partial charge is 0.381 e. The average molecular weight is 325 g/mol. The third-order valence-electron chi connectivity index (χ3n) is 3.74. The van der Waals surface area contributed by atoms with Crippen LogP contribution >= 0.6 is 0 Å². The van der Waals surface area contributed by atoms with Crippen molar-refractivity contribution in [3.63, 3.8) is 0 Å². The number of amides is 1. The zero-order chi connectivity index (χ0) is 17.2. The van der Waals surface area contributed by atoms with Crippen molar-refractivity contribution >= 4 is 5.91 Å². The Bertz CT molecular complexity index is 556. The van der Waals surface area contributed by atoms with Crippen LogP contribution in [0.3, 0.4) is 0 Å². The van der Waals surface area contributed by atoms with Crippen LogP contribution in [-0.2, 0) is 9.53 Å². The quantitative estimate of drug-likeness (QED) is 0.708. The van der Waals surface area contributed by atoms with E-state index in [2.05, 4.69) is 19.2 Å². The number of ether oxygens (including phenoxy) is 1. The summed E-state index contributed by atoms with van der Waals surface area (Å²) in [7, 11) is 0. The van der Waals surface area contributed by atoms with Crippen LogP contribution in [-0.4, -0.2) is 25.7 Å². The number of nitrogens with one attached hydrogen (secondary N) is 1. The van der Waals surface area contributed by atoms with Crippen molar-refractivity contribution in [3.05, 3.63) is 71.8 Å². The maximum Gasteiger partial charge on any atom is 0.232 e. The first-order chi connectivity index (χ1) is 11.7. The summed E-state index contributed by atoms with van der Waals surface area (Å²) in [4.78, 5) is 12.7. The number of carbonyl (C=O) groups is 1. The Morgan fingerprint density at radius 3 is 2.00 bits per heavy atom.